The molecule has 1 atom stereocenters. The number of halogens is 3. The highest BCUT2D eigenvalue weighted by atomic mass is 32.2. The molecule has 0 aliphatic carbocycles. The van der Waals surface area contributed by atoms with Crippen molar-refractivity contribution in [3.8, 4) is 5.69 Å². The Balaban J connectivity index is 2.10. The second kappa shape index (κ2) is 7.20. The van der Waals surface area contributed by atoms with E-state index in [-0.39, 0.29) is 0 Å². The van der Waals surface area contributed by atoms with Gasteiger partial charge in [-0.15, -0.1) is 5.10 Å². The second-order valence-corrected chi connectivity index (χ2v) is 6.54. The van der Waals surface area contributed by atoms with E-state index in [0.717, 1.165) is 22.9 Å². The lowest BCUT2D eigenvalue weighted by Gasteiger charge is -2.13. The van der Waals surface area contributed by atoms with Gasteiger partial charge < -0.3 is 5.32 Å². The molecule has 130 valence electrons. The van der Waals surface area contributed by atoms with Crippen molar-refractivity contribution >= 4 is 17.7 Å². The zero-order valence-electron chi connectivity index (χ0n) is 13.3. The van der Waals surface area contributed by atoms with Crippen LogP contribution in [0.1, 0.15) is 18.1 Å². The van der Waals surface area contributed by atoms with Crippen LogP contribution < -0.4 is 5.32 Å². The van der Waals surface area contributed by atoms with Crippen LogP contribution in [0.25, 0.3) is 5.69 Å². The lowest BCUT2D eigenvalue weighted by atomic mass is 10.1. The monoisotopic (exact) mass is 359 g/mol. The van der Waals surface area contributed by atoms with Crippen molar-refractivity contribution in [3.63, 3.8) is 0 Å². The average Bonchev–Trinajstić information content (AvgIpc) is 2.95. The van der Waals surface area contributed by atoms with E-state index in [1.54, 1.807) is 0 Å². The van der Waals surface area contributed by atoms with Gasteiger partial charge in [0.05, 0.1) is 10.9 Å². The van der Waals surface area contributed by atoms with Crippen LogP contribution in [-0.2, 0) is 4.79 Å². The van der Waals surface area contributed by atoms with Gasteiger partial charge in [-0.25, -0.2) is 0 Å². The molecular weight excluding hydrogens is 343 g/mol. The molecule has 0 fully saturated rings. The number of thioether (sulfide) groups is 1. The Labute approximate surface area is 140 Å². The van der Waals surface area contributed by atoms with Crippen molar-refractivity contribution in [1.82, 2.24) is 25.5 Å². The summed E-state index contributed by atoms with van der Waals surface area (Å²) in [7, 11) is 0. The standard InChI is InChI=1S/C14H16F3N5OS/c1-8-4-5-11(6-9(8)2)22-13(19-20-21-22)24-10(3)12(23)18-7-14(15,16)17/h4-6,10H,7H2,1-3H3,(H,18,23). The molecule has 0 spiro atoms. The van der Waals surface area contributed by atoms with Gasteiger partial charge in [0, 0.05) is 0 Å². The number of benzene rings is 1. The summed E-state index contributed by atoms with van der Waals surface area (Å²) in [6.45, 7) is 4.05. The third kappa shape index (κ3) is 4.70. The molecule has 2 aromatic rings. The van der Waals surface area contributed by atoms with Crippen molar-refractivity contribution in [3.05, 3.63) is 29.3 Å². The first kappa shape index (κ1) is 18.2. The third-order valence-electron chi connectivity index (χ3n) is 3.29. The molecule has 10 heteroatoms. The van der Waals surface area contributed by atoms with Crippen LogP contribution in [-0.4, -0.2) is 44.1 Å². The summed E-state index contributed by atoms with van der Waals surface area (Å²) in [5.41, 5.74) is 2.88. The minimum absolute atomic E-state index is 0.327. The number of hydrogen-bond acceptors (Lipinski definition) is 5. The molecule has 24 heavy (non-hydrogen) atoms. The molecule has 0 saturated carbocycles. The number of tetrazole rings is 1. The predicted molar refractivity (Wildman–Crippen MR) is 83.0 cm³/mol. The van der Waals surface area contributed by atoms with Crippen LogP contribution in [0.4, 0.5) is 13.2 Å². The summed E-state index contributed by atoms with van der Waals surface area (Å²) in [4.78, 5) is 11.8. The highest BCUT2D eigenvalue weighted by Crippen LogP contribution is 2.24. The summed E-state index contributed by atoms with van der Waals surface area (Å²) >= 11 is 0.988. The lowest BCUT2D eigenvalue weighted by Crippen LogP contribution is -2.38. The summed E-state index contributed by atoms with van der Waals surface area (Å²) in [5.74, 6) is -0.730. The summed E-state index contributed by atoms with van der Waals surface area (Å²) in [6.07, 6.45) is -4.44. The third-order valence-corrected chi connectivity index (χ3v) is 4.32. The highest BCUT2D eigenvalue weighted by molar-refractivity contribution is 8.00. The van der Waals surface area contributed by atoms with Gasteiger partial charge >= 0.3 is 6.18 Å². The normalized spacial score (nSPS) is 12.9. The van der Waals surface area contributed by atoms with Gasteiger partial charge in [0.2, 0.25) is 11.1 Å². The van der Waals surface area contributed by atoms with Gasteiger partial charge in [-0.2, -0.15) is 17.9 Å². The maximum atomic E-state index is 12.2. The topological polar surface area (TPSA) is 72.7 Å². The minimum atomic E-state index is -4.44. The van der Waals surface area contributed by atoms with Crippen LogP contribution >= 0.6 is 11.8 Å². The zero-order chi connectivity index (χ0) is 17.9. The Bertz CT molecular complexity index is 731. The zero-order valence-corrected chi connectivity index (χ0v) is 14.1. The molecule has 0 radical (unpaired) electrons. The largest absolute Gasteiger partial charge is 0.405 e. The first-order valence-electron chi connectivity index (χ1n) is 7.04. The molecule has 1 aromatic carbocycles. The molecule has 1 unspecified atom stereocenters. The van der Waals surface area contributed by atoms with Crippen molar-refractivity contribution in [2.24, 2.45) is 0 Å². The van der Waals surface area contributed by atoms with E-state index in [4.69, 9.17) is 0 Å². The number of carbonyl (C=O) groups excluding carboxylic acids is 1. The number of alkyl halides is 3. The maximum absolute atomic E-state index is 12.2. The van der Waals surface area contributed by atoms with Crippen LogP contribution in [0.5, 0.6) is 0 Å². The number of amides is 1. The van der Waals surface area contributed by atoms with Crippen molar-refractivity contribution in [2.75, 3.05) is 6.54 Å². The quantitative estimate of drug-likeness (QED) is 0.830. The molecule has 1 aromatic heterocycles. The minimum Gasteiger partial charge on any atom is -0.346 e. The van der Waals surface area contributed by atoms with E-state index >= 15 is 0 Å². The van der Waals surface area contributed by atoms with Gasteiger partial charge in [0.25, 0.3) is 0 Å². The molecule has 0 aliphatic rings. The Morgan fingerprint density at radius 1 is 1.33 bits per heavy atom. The van der Waals surface area contributed by atoms with Crippen molar-refractivity contribution < 1.29 is 18.0 Å². The second-order valence-electron chi connectivity index (χ2n) is 5.23. The van der Waals surface area contributed by atoms with Gasteiger partial charge in [0.15, 0.2) is 0 Å². The van der Waals surface area contributed by atoms with Crippen molar-refractivity contribution in [2.45, 2.75) is 37.4 Å². The molecule has 1 N–H and O–H groups in total. The molecule has 6 nitrogen and oxygen atoms in total. The van der Waals surface area contributed by atoms with Gasteiger partial charge in [-0.05, 0) is 54.5 Å². The number of aromatic nitrogens is 4. The number of rotatable bonds is 5. The molecule has 1 heterocycles. The summed E-state index contributed by atoms with van der Waals surface area (Å²) in [5, 5.41) is 12.7. The molecular formula is C14H16F3N5OS. The summed E-state index contributed by atoms with van der Waals surface area (Å²) in [6, 6.07) is 5.64. The highest BCUT2D eigenvalue weighted by Gasteiger charge is 2.29. The number of carbonyl (C=O) groups is 1. The van der Waals surface area contributed by atoms with Gasteiger partial charge in [-0.1, -0.05) is 17.8 Å². The Morgan fingerprint density at radius 2 is 2.04 bits per heavy atom. The first-order valence-corrected chi connectivity index (χ1v) is 7.92. The van der Waals surface area contributed by atoms with Gasteiger partial charge in [0.1, 0.15) is 6.54 Å². The van der Waals surface area contributed by atoms with Crippen LogP contribution in [0.2, 0.25) is 0 Å². The van der Waals surface area contributed by atoms with E-state index in [1.165, 1.54) is 11.6 Å². The predicted octanol–water partition coefficient (Wildman–Crippen LogP) is 2.44. The molecule has 0 aliphatic heterocycles. The number of nitrogens with one attached hydrogen (secondary N) is 1. The molecule has 0 bridgehead atoms. The Hall–Kier alpha value is -2.10. The SMILES string of the molecule is Cc1ccc(-n2nnnc2SC(C)C(=O)NCC(F)(F)F)cc1C. The average molecular weight is 359 g/mol. The Morgan fingerprint density at radius 3 is 2.67 bits per heavy atom. The van der Waals surface area contributed by atoms with E-state index in [0.29, 0.717) is 10.8 Å². The molecule has 2 rings (SSSR count). The van der Waals surface area contributed by atoms with Gasteiger partial charge in [-0.3, -0.25) is 4.79 Å². The van der Waals surface area contributed by atoms with Crippen LogP contribution in [0, 0.1) is 13.8 Å². The number of aryl methyl sites for hydroxylation is 2. The molecule has 1 amide bonds. The van der Waals surface area contributed by atoms with E-state index in [9.17, 15) is 18.0 Å². The van der Waals surface area contributed by atoms with E-state index < -0.39 is 23.9 Å². The van der Waals surface area contributed by atoms with E-state index in [1.807, 2.05) is 37.4 Å². The lowest BCUT2D eigenvalue weighted by molar-refractivity contribution is -0.137. The fourth-order valence-corrected chi connectivity index (χ4v) is 2.65. The summed E-state index contributed by atoms with van der Waals surface area (Å²) < 4.78 is 37.9. The smallest absolute Gasteiger partial charge is 0.346 e. The number of nitrogens with zero attached hydrogens (tertiary/aromatic N) is 4. The van der Waals surface area contributed by atoms with Crippen LogP contribution in [0.3, 0.4) is 0 Å². The number of hydrogen-bond donors (Lipinski definition) is 1. The fraction of sp³-hybridized carbons (Fsp3) is 0.429. The van der Waals surface area contributed by atoms with Crippen molar-refractivity contribution in [1.29, 1.82) is 0 Å². The maximum Gasteiger partial charge on any atom is 0.405 e. The van der Waals surface area contributed by atoms with Crippen LogP contribution in [0.15, 0.2) is 23.4 Å². The fourth-order valence-electron chi connectivity index (χ4n) is 1.81. The Kier molecular flexibility index (Phi) is 5.47. The molecule has 0 saturated heterocycles. The first-order chi connectivity index (χ1) is 11.2. The van der Waals surface area contributed by atoms with E-state index in [2.05, 4.69) is 15.5 Å².